The molecule has 2 aromatic rings. The molecule has 3 rings (SSSR count). The molecule has 0 saturated carbocycles. The summed E-state index contributed by atoms with van der Waals surface area (Å²) in [7, 11) is 0. The lowest BCUT2D eigenvalue weighted by Crippen LogP contribution is -2.45. The van der Waals surface area contributed by atoms with Crippen molar-refractivity contribution in [1.82, 2.24) is 19.9 Å². The number of rotatable bonds is 4. The molecule has 1 saturated heterocycles. The second kappa shape index (κ2) is 6.91. The fraction of sp³-hybridized carbons (Fsp3) is 0.471. The highest BCUT2D eigenvalue weighted by atomic mass is 16.3. The smallest absolute Gasteiger partial charge is 0.254 e. The van der Waals surface area contributed by atoms with Gasteiger partial charge in [-0.1, -0.05) is 5.21 Å². The van der Waals surface area contributed by atoms with Crippen molar-refractivity contribution in [3.05, 3.63) is 42.2 Å². The SMILES string of the molecule is CC(O)CC1CCCCN1C(=O)c1ccc(-n2ccnn2)cc1. The summed E-state index contributed by atoms with van der Waals surface area (Å²) in [5.41, 5.74) is 1.55. The summed E-state index contributed by atoms with van der Waals surface area (Å²) >= 11 is 0. The third-order valence-corrected chi connectivity index (χ3v) is 4.30. The summed E-state index contributed by atoms with van der Waals surface area (Å²) < 4.78 is 1.66. The fourth-order valence-electron chi connectivity index (χ4n) is 3.18. The van der Waals surface area contributed by atoms with Gasteiger partial charge in [-0.2, -0.15) is 0 Å². The molecule has 1 aromatic carbocycles. The number of carbonyl (C=O) groups excluding carboxylic acids is 1. The molecule has 2 heterocycles. The molecule has 1 fully saturated rings. The Labute approximate surface area is 135 Å². The number of aromatic nitrogens is 3. The highest BCUT2D eigenvalue weighted by molar-refractivity contribution is 5.94. The van der Waals surface area contributed by atoms with E-state index in [0.29, 0.717) is 12.0 Å². The third kappa shape index (κ3) is 3.59. The van der Waals surface area contributed by atoms with Gasteiger partial charge in [0.1, 0.15) is 0 Å². The van der Waals surface area contributed by atoms with Crippen LogP contribution in [0.5, 0.6) is 0 Å². The number of aliphatic hydroxyl groups excluding tert-OH is 1. The van der Waals surface area contributed by atoms with Gasteiger partial charge in [-0.3, -0.25) is 4.79 Å². The van der Waals surface area contributed by atoms with Crippen LogP contribution in [-0.2, 0) is 0 Å². The first-order valence-electron chi connectivity index (χ1n) is 8.11. The van der Waals surface area contributed by atoms with Crippen LogP contribution in [0.2, 0.25) is 0 Å². The van der Waals surface area contributed by atoms with Crippen LogP contribution in [0, 0.1) is 0 Å². The molecule has 0 radical (unpaired) electrons. The van der Waals surface area contributed by atoms with E-state index in [1.54, 1.807) is 24.0 Å². The number of benzene rings is 1. The van der Waals surface area contributed by atoms with E-state index in [1.165, 1.54) is 0 Å². The molecular weight excluding hydrogens is 292 g/mol. The zero-order valence-electron chi connectivity index (χ0n) is 13.3. The lowest BCUT2D eigenvalue weighted by Gasteiger charge is -2.36. The van der Waals surface area contributed by atoms with Gasteiger partial charge >= 0.3 is 0 Å². The van der Waals surface area contributed by atoms with Gasteiger partial charge in [0.15, 0.2) is 0 Å². The second-order valence-electron chi connectivity index (χ2n) is 6.13. The van der Waals surface area contributed by atoms with E-state index in [0.717, 1.165) is 31.5 Å². The molecule has 2 unspecified atom stereocenters. The van der Waals surface area contributed by atoms with Crippen LogP contribution in [-0.4, -0.2) is 49.6 Å². The molecule has 1 N–H and O–H groups in total. The van der Waals surface area contributed by atoms with Crippen molar-refractivity contribution < 1.29 is 9.90 Å². The summed E-state index contributed by atoms with van der Waals surface area (Å²) in [6, 6.07) is 7.53. The van der Waals surface area contributed by atoms with Crippen LogP contribution in [0.3, 0.4) is 0 Å². The number of amides is 1. The average molecular weight is 314 g/mol. The van der Waals surface area contributed by atoms with Gasteiger partial charge in [-0.05, 0) is 56.9 Å². The lowest BCUT2D eigenvalue weighted by atomic mass is 9.96. The lowest BCUT2D eigenvalue weighted by molar-refractivity contribution is 0.0515. The predicted octanol–water partition coefficient (Wildman–Crippen LogP) is 2.03. The van der Waals surface area contributed by atoms with Gasteiger partial charge in [0, 0.05) is 18.2 Å². The standard InChI is InChI=1S/C17H22N4O2/c1-13(22)12-16-4-2-3-10-20(16)17(23)14-5-7-15(8-6-14)21-11-9-18-19-21/h5-9,11,13,16,22H,2-4,10,12H2,1H3. The molecule has 1 aliphatic rings. The Hall–Kier alpha value is -2.21. The van der Waals surface area contributed by atoms with E-state index in [2.05, 4.69) is 10.3 Å². The first-order valence-corrected chi connectivity index (χ1v) is 8.11. The van der Waals surface area contributed by atoms with Crippen molar-refractivity contribution in [3.63, 3.8) is 0 Å². The van der Waals surface area contributed by atoms with Gasteiger partial charge in [0.25, 0.3) is 5.91 Å². The number of hydrogen-bond donors (Lipinski definition) is 1. The summed E-state index contributed by atoms with van der Waals surface area (Å²) in [5, 5.41) is 17.4. The maximum Gasteiger partial charge on any atom is 0.254 e. The van der Waals surface area contributed by atoms with Crippen LogP contribution in [0.25, 0.3) is 5.69 Å². The van der Waals surface area contributed by atoms with Gasteiger partial charge < -0.3 is 10.0 Å². The minimum absolute atomic E-state index is 0.0421. The molecule has 6 nitrogen and oxygen atoms in total. The van der Waals surface area contributed by atoms with E-state index >= 15 is 0 Å². The van der Waals surface area contributed by atoms with Crippen molar-refractivity contribution in [1.29, 1.82) is 0 Å². The van der Waals surface area contributed by atoms with Gasteiger partial charge in [-0.25, -0.2) is 4.68 Å². The Morgan fingerprint density at radius 3 is 2.78 bits per heavy atom. The Morgan fingerprint density at radius 2 is 2.13 bits per heavy atom. The molecule has 1 aromatic heterocycles. The van der Waals surface area contributed by atoms with Gasteiger partial charge in [-0.15, -0.1) is 5.10 Å². The first-order chi connectivity index (χ1) is 11.1. The summed E-state index contributed by atoms with van der Waals surface area (Å²) in [5.74, 6) is 0.0421. The molecule has 23 heavy (non-hydrogen) atoms. The second-order valence-corrected chi connectivity index (χ2v) is 6.13. The van der Waals surface area contributed by atoms with Gasteiger partial charge in [0.2, 0.25) is 0 Å². The molecule has 2 atom stereocenters. The van der Waals surface area contributed by atoms with Crippen molar-refractivity contribution in [2.45, 2.75) is 44.8 Å². The Kier molecular flexibility index (Phi) is 4.71. The van der Waals surface area contributed by atoms with Crippen molar-refractivity contribution in [2.75, 3.05) is 6.54 Å². The van der Waals surface area contributed by atoms with Crippen molar-refractivity contribution in [3.8, 4) is 5.69 Å². The number of likely N-dealkylation sites (tertiary alicyclic amines) is 1. The highest BCUT2D eigenvalue weighted by Gasteiger charge is 2.28. The summed E-state index contributed by atoms with van der Waals surface area (Å²) in [6.45, 7) is 2.55. The maximum atomic E-state index is 12.8. The van der Waals surface area contributed by atoms with Crippen LogP contribution >= 0.6 is 0 Å². The molecule has 122 valence electrons. The van der Waals surface area contributed by atoms with Crippen molar-refractivity contribution >= 4 is 5.91 Å². The van der Waals surface area contributed by atoms with Crippen LogP contribution < -0.4 is 0 Å². The largest absolute Gasteiger partial charge is 0.393 e. The molecule has 0 aliphatic carbocycles. The maximum absolute atomic E-state index is 12.8. The molecule has 1 amide bonds. The van der Waals surface area contributed by atoms with Crippen LogP contribution in [0.1, 0.15) is 43.0 Å². The van der Waals surface area contributed by atoms with Crippen LogP contribution in [0.15, 0.2) is 36.7 Å². The first kappa shape index (κ1) is 15.7. The molecule has 6 heteroatoms. The zero-order valence-corrected chi connectivity index (χ0v) is 13.3. The molecule has 0 spiro atoms. The third-order valence-electron chi connectivity index (χ3n) is 4.30. The Morgan fingerprint density at radius 1 is 1.35 bits per heavy atom. The number of nitrogens with zero attached hydrogens (tertiary/aromatic N) is 4. The van der Waals surface area contributed by atoms with E-state index in [9.17, 15) is 9.90 Å². The Balaban J connectivity index is 1.76. The van der Waals surface area contributed by atoms with E-state index in [-0.39, 0.29) is 18.1 Å². The Bertz CT molecular complexity index is 637. The normalized spacial score (nSPS) is 19.6. The fourth-order valence-corrected chi connectivity index (χ4v) is 3.18. The van der Waals surface area contributed by atoms with Crippen molar-refractivity contribution in [2.24, 2.45) is 0 Å². The minimum Gasteiger partial charge on any atom is -0.393 e. The topological polar surface area (TPSA) is 71.2 Å². The summed E-state index contributed by atoms with van der Waals surface area (Å²) in [4.78, 5) is 14.7. The monoisotopic (exact) mass is 314 g/mol. The predicted molar refractivity (Wildman–Crippen MR) is 86.3 cm³/mol. The summed E-state index contributed by atoms with van der Waals surface area (Å²) in [6.07, 6.45) is 6.75. The highest BCUT2D eigenvalue weighted by Crippen LogP contribution is 2.23. The average Bonchev–Trinajstić information content (AvgIpc) is 3.09. The minimum atomic E-state index is -0.386. The number of aliphatic hydroxyl groups is 1. The van der Waals surface area contributed by atoms with E-state index in [4.69, 9.17) is 0 Å². The quantitative estimate of drug-likeness (QED) is 0.937. The van der Waals surface area contributed by atoms with E-state index < -0.39 is 0 Å². The van der Waals surface area contributed by atoms with Crippen LogP contribution in [0.4, 0.5) is 0 Å². The molecule has 0 bridgehead atoms. The van der Waals surface area contributed by atoms with E-state index in [1.807, 2.05) is 29.2 Å². The molecule has 1 aliphatic heterocycles. The number of hydrogen-bond acceptors (Lipinski definition) is 4. The number of carbonyl (C=O) groups is 1. The number of piperidine rings is 1. The molecular formula is C17H22N4O2. The zero-order chi connectivity index (χ0) is 16.2. The van der Waals surface area contributed by atoms with Gasteiger partial charge in [0.05, 0.1) is 24.2 Å².